The third-order valence-electron chi connectivity index (χ3n) is 1.76. The number of carbonyl (C=O) groups excluding carboxylic acids is 1. The smallest absolute Gasteiger partial charge is 0.279 e. The maximum atomic E-state index is 11.6. The van der Waals surface area contributed by atoms with Gasteiger partial charge in [-0.3, -0.25) is 4.79 Å². The van der Waals surface area contributed by atoms with Gasteiger partial charge in [-0.15, -0.1) is 0 Å². The van der Waals surface area contributed by atoms with Crippen molar-refractivity contribution in [3.8, 4) is 0 Å². The van der Waals surface area contributed by atoms with E-state index in [-0.39, 0.29) is 5.69 Å². The highest BCUT2D eigenvalue weighted by Gasteiger charge is 2.11. The minimum Gasteiger partial charge on any atom is -0.397 e. The standard InChI is InChI=1S/C9H7BrN4O2/c10-6-3-5(11)4-12-8(6)13-9(15)7-1-2-16-14-7/h1-4H,11H2,(H,12,13,15). The lowest BCUT2D eigenvalue weighted by Gasteiger charge is -2.04. The maximum Gasteiger partial charge on any atom is 0.279 e. The van der Waals surface area contributed by atoms with E-state index in [4.69, 9.17) is 5.73 Å². The highest BCUT2D eigenvalue weighted by atomic mass is 79.9. The number of aromatic nitrogens is 2. The van der Waals surface area contributed by atoms with Crippen molar-refractivity contribution in [1.82, 2.24) is 10.1 Å². The van der Waals surface area contributed by atoms with E-state index in [2.05, 4.69) is 35.9 Å². The number of nitrogens with two attached hydrogens (primary N) is 1. The number of anilines is 2. The van der Waals surface area contributed by atoms with Gasteiger partial charge in [-0.2, -0.15) is 0 Å². The van der Waals surface area contributed by atoms with Crippen LogP contribution < -0.4 is 11.1 Å². The summed E-state index contributed by atoms with van der Waals surface area (Å²) in [6, 6.07) is 3.10. The third-order valence-corrected chi connectivity index (χ3v) is 2.37. The first-order chi connectivity index (χ1) is 7.66. The summed E-state index contributed by atoms with van der Waals surface area (Å²) in [6.45, 7) is 0. The molecule has 1 amide bonds. The van der Waals surface area contributed by atoms with Crippen LogP contribution >= 0.6 is 15.9 Å². The van der Waals surface area contributed by atoms with Gasteiger partial charge in [-0.1, -0.05) is 5.16 Å². The van der Waals surface area contributed by atoms with Crippen LogP contribution in [0.2, 0.25) is 0 Å². The van der Waals surface area contributed by atoms with Crippen LogP contribution in [0, 0.1) is 0 Å². The molecule has 0 aliphatic carbocycles. The first-order valence-electron chi connectivity index (χ1n) is 4.29. The van der Waals surface area contributed by atoms with Crippen molar-refractivity contribution in [2.24, 2.45) is 0 Å². The summed E-state index contributed by atoms with van der Waals surface area (Å²) in [5, 5.41) is 6.07. The largest absolute Gasteiger partial charge is 0.397 e. The van der Waals surface area contributed by atoms with Crippen LogP contribution in [0.1, 0.15) is 10.5 Å². The molecular formula is C9H7BrN4O2. The lowest BCUT2D eigenvalue weighted by molar-refractivity contribution is 0.101. The first-order valence-corrected chi connectivity index (χ1v) is 5.09. The van der Waals surface area contributed by atoms with Gasteiger partial charge in [0.15, 0.2) is 5.69 Å². The van der Waals surface area contributed by atoms with Gasteiger partial charge in [-0.25, -0.2) is 4.98 Å². The second-order valence-corrected chi connectivity index (χ2v) is 3.79. The van der Waals surface area contributed by atoms with Crippen molar-refractivity contribution in [3.05, 3.63) is 34.8 Å². The van der Waals surface area contributed by atoms with Crippen molar-refractivity contribution in [1.29, 1.82) is 0 Å². The average molecular weight is 283 g/mol. The first kappa shape index (κ1) is 10.6. The number of nitrogens with one attached hydrogen (secondary N) is 1. The van der Waals surface area contributed by atoms with Gasteiger partial charge < -0.3 is 15.6 Å². The molecule has 2 aromatic heterocycles. The fraction of sp³-hybridized carbons (Fsp3) is 0. The van der Waals surface area contributed by atoms with Crippen LogP contribution in [0.5, 0.6) is 0 Å². The molecule has 2 rings (SSSR count). The summed E-state index contributed by atoms with van der Waals surface area (Å²) in [5.74, 6) is -0.0195. The van der Waals surface area contributed by atoms with Gasteiger partial charge in [-0.05, 0) is 22.0 Å². The van der Waals surface area contributed by atoms with Crippen molar-refractivity contribution >= 4 is 33.3 Å². The van der Waals surface area contributed by atoms with E-state index in [1.165, 1.54) is 18.5 Å². The van der Waals surface area contributed by atoms with E-state index >= 15 is 0 Å². The molecule has 0 atom stereocenters. The van der Waals surface area contributed by atoms with Crippen LogP contribution in [-0.4, -0.2) is 16.0 Å². The lowest BCUT2D eigenvalue weighted by atomic mass is 10.4. The van der Waals surface area contributed by atoms with Crippen LogP contribution in [0.15, 0.2) is 33.6 Å². The molecule has 0 radical (unpaired) electrons. The average Bonchev–Trinajstić information content (AvgIpc) is 2.75. The molecule has 0 aliphatic heterocycles. The Kier molecular flexibility index (Phi) is 2.86. The zero-order valence-electron chi connectivity index (χ0n) is 7.98. The topological polar surface area (TPSA) is 94.0 Å². The predicted molar refractivity (Wildman–Crippen MR) is 60.8 cm³/mol. The molecule has 0 saturated heterocycles. The Balaban J connectivity index is 2.18. The Labute approximate surface area is 99.0 Å². The molecule has 2 heterocycles. The number of hydrogen-bond donors (Lipinski definition) is 2. The second-order valence-electron chi connectivity index (χ2n) is 2.94. The molecule has 2 aromatic rings. The Morgan fingerprint density at radius 1 is 1.56 bits per heavy atom. The van der Waals surface area contributed by atoms with Gasteiger partial charge in [0.1, 0.15) is 12.1 Å². The minimum atomic E-state index is -0.397. The van der Waals surface area contributed by atoms with Crippen molar-refractivity contribution in [3.63, 3.8) is 0 Å². The molecule has 6 nitrogen and oxygen atoms in total. The number of pyridine rings is 1. The summed E-state index contributed by atoms with van der Waals surface area (Å²) in [5.41, 5.74) is 6.21. The molecule has 0 aliphatic rings. The molecule has 3 N–H and O–H groups in total. The molecule has 0 fully saturated rings. The SMILES string of the molecule is Nc1cnc(NC(=O)c2ccon2)c(Br)c1. The van der Waals surface area contributed by atoms with Gasteiger partial charge in [0.2, 0.25) is 0 Å². The van der Waals surface area contributed by atoms with Crippen LogP contribution in [-0.2, 0) is 0 Å². The Bertz CT molecular complexity index is 512. The normalized spacial score (nSPS) is 10.1. The van der Waals surface area contributed by atoms with E-state index in [0.29, 0.717) is 16.0 Å². The van der Waals surface area contributed by atoms with Gasteiger partial charge in [0, 0.05) is 6.07 Å². The number of nitrogens with zero attached hydrogens (tertiary/aromatic N) is 2. The highest BCUT2D eigenvalue weighted by molar-refractivity contribution is 9.10. The molecule has 0 saturated carbocycles. The van der Waals surface area contributed by atoms with Gasteiger partial charge in [0.25, 0.3) is 5.91 Å². The zero-order valence-corrected chi connectivity index (χ0v) is 9.56. The fourth-order valence-corrected chi connectivity index (χ4v) is 1.51. The molecule has 16 heavy (non-hydrogen) atoms. The number of nitrogen functional groups attached to an aromatic ring is 1. The molecule has 0 spiro atoms. The maximum absolute atomic E-state index is 11.6. The number of carbonyl (C=O) groups is 1. The van der Waals surface area contributed by atoms with Gasteiger partial charge >= 0.3 is 0 Å². The number of hydrogen-bond acceptors (Lipinski definition) is 5. The predicted octanol–water partition coefficient (Wildman–Crippen LogP) is 1.67. The third kappa shape index (κ3) is 2.19. The lowest BCUT2D eigenvalue weighted by Crippen LogP contribution is -2.13. The summed E-state index contributed by atoms with van der Waals surface area (Å²) >= 11 is 3.24. The van der Waals surface area contributed by atoms with Crippen LogP contribution in [0.3, 0.4) is 0 Å². The van der Waals surface area contributed by atoms with E-state index in [9.17, 15) is 4.79 Å². The van der Waals surface area contributed by atoms with Crippen molar-refractivity contribution in [2.45, 2.75) is 0 Å². The molecule has 82 valence electrons. The molecule has 0 bridgehead atoms. The Morgan fingerprint density at radius 3 is 3.00 bits per heavy atom. The summed E-state index contributed by atoms with van der Waals surface area (Å²) in [7, 11) is 0. The van der Waals surface area contributed by atoms with E-state index in [0.717, 1.165) is 0 Å². The monoisotopic (exact) mass is 282 g/mol. The number of rotatable bonds is 2. The van der Waals surface area contributed by atoms with Crippen LogP contribution in [0.25, 0.3) is 0 Å². The second kappa shape index (κ2) is 4.31. The Hall–Kier alpha value is -1.89. The summed E-state index contributed by atoms with van der Waals surface area (Å²) < 4.78 is 5.16. The van der Waals surface area contributed by atoms with E-state index in [1.54, 1.807) is 6.07 Å². The molecule has 0 aromatic carbocycles. The Morgan fingerprint density at radius 2 is 2.38 bits per heavy atom. The van der Waals surface area contributed by atoms with Gasteiger partial charge in [0.05, 0.1) is 16.4 Å². The quantitative estimate of drug-likeness (QED) is 0.874. The van der Waals surface area contributed by atoms with E-state index in [1.807, 2.05) is 0 Å². The van der Waals surface area contributed by atoms with Crippen molar-refractivity contribution in [2.75, 3.05) is 11.1 Å². The molecular weight excluding hydrogens is 276 g/mol. The molecule has 7 heteroatoms. The fourth-order valence-electron chi connectivity index (χ4n) is 1.05. The molecule has 0 unspecified atom stereocenters. The minimum absolute atomic E-state index is 0.186. The number of amides is 1. The summed E-state index contributed by atoms with van der Waals surface area (Å²) in [6.07, 6.45) is 2.77. The summed E-state index contributed by atoms with van der Waals surface area (Å²) in [4.78, 5) is 15.6. The van der Waals surface area contributed by atoms with Crippen molar-refractivity contribution < 1.29 is 9.32 Å². The number of halogens is 1. The van der Waals surface area contributed by atoms with Crippen LogP contribution in [0.4, 0.5) is 11.5 Å². The highest BCUT2D eigenvalue weighted by Crippen LogP contribution is 2.22. The van der Waals surface area contributed by atoms with E-state index < -0.39 is 5.91 Å². The zero-order chi connectivity index (χ0) is 11.5.